The van der Waals surface area contributed by atoms with E-state index in [0.29, 0.717) is 0 Å². The summed E-state index contributed by atoms with van der Waals surface area (Å²) in [5.74, 6) is -0.114. The Balaban J connectivity index is 1.60. The van der Waals surface area contributed by atoms with Crippen LogP contribution in [-0.2, 0) is 11.8 Å². The molecule has 1 aliphatic rings. The molecular formula is C18H25N5O. The van der Waals surface area contributed by atoms with Crippen molar-refractivity contribution in [3.63, 3.8) is 0 Å². The number of benzene rings is 1. The van der Waals surface area contributed by atoms with Gasteiger partial charge in [-0.1, -0.05) is 29.8 Å². The molecule has 1 fully saturated rings. The van der Waals surface area contributed by atoms with E-state index in [1.807, 2.05) is 50.6 Å². The Bertz CT molecular complexity index is 694. The maximum atomic E-state index is 12.5. The predicted molar refractivity (Wildman–Crippen MR) is 94.7 cm³/mol. The molecule has 1 aliphatic heterocycles. The Morgan fingerprint density at radius 3 is 2.79 bits per heavy atom. The number of amides is 1. The Kier molecular flexibility index (Phi) is 4.85. The van der Waals surface area contributed by atoms with Crippen molar-refractivity contribution < 1.29 is 4.79 Å². The number of nitrogens with two attached hydrogens (primary N) is 1. The van der Waals surface area contributed by atoms with Crippen molar-refractivity contribution in [1.29, 1.82) is 0 Å². The van der Waals surface area contributed by atoms with Crippen molar-refractivity contribution in [3.8, 4) is 0 Å². The van der Waals surface area contributed by atoms with Gasteiger partial charge >= 0.3 is 0 Å². The minimum absolute atomic E-state index is 0.114. The maximum absolute atomic E-state index is 12.5. The van der Waals surface area contributed by atoms with Crippen molar-refractivity contribution >= 4 is 11.6 Å². The SMILES string of the molecule is Cc1ccc(C(N)C(=O)NC2CCCN(c3cnn(C)c3)C2)cc1. The van der Waals surface area contributed by atoms with Gasteiger partial charge in [-0.2, -0.15) is 5.10 Å². The highest BCUT2D eigenvalue weighted by molar-refractivity contribution is 5.83. The van der Waals surface area contributed by atoms with Crippen LogP contribution in [0, 0.1) is 6.92 Å². The number of piperidine rings is 1. The zero-order valence-electron chi connectivity index (χ0n) is 14.3. The third kappa shape index (κ3) is 3.76. The average Bonchev–Trinajstić information content (AvgIpc) is 3.02. The zero-order valence-corrected chi connectivity index (χ0v) is 14.3. The highest BCUT2D eigenvalue weighted by Gasteiger charge is 2.25. The summed E-state index contributed by atoms with van der Waals surface area (Å²) in [6.45, 7) is 3.80. The maximum Gasteiger partial charge on any atom is 0.241 e. The summed E-state index contributed by atoms with van der Waals surface area (Å²) in [5, 5.41) is 7.33. The Hall–Kier alpha value is -2.34. The Labute approximate surface area is 142 Å². The van der Waals surface area contributed by atoms with Crippen LogP contribution in [0.25, 0.3) is 0 Å². The van der Waals surface area contributed by atoms with Crippen molar-refractivity contribution in [1.82, 2.24) is 15.1 Å². The Morgan fingerprint density at radius 2 is 2.12 bits per heavy atom. The molecule has 6 heteroatoms. The fourth-order valence-electron chi connectivity index (χ4n) is 3.12. The first-order valence-corrected chi connectivity index (χ1v) is 8.39. The van der Waals surface area contributed by atoms with Crippen LogP contribution in [0.15, 0.2) is 36.7 Å². The summed E-state index contributed by atoms with van der Waals surface area (Å²) >= 11 is 0. The van der Waals surface area contributed by atoms with Crippen molar-refractivity contribution in [2.75, 3.05) is 18.0 Å². The monoisotopic (exact) mass is 327 g/mol. The molecule has 3 rings (SSSR count). The van der Waals surface area contributed by atoms with Gasteiger partial charge in [-0.15, -0.1) is 0 Å². The summed E-state index contributed by atoms with van der Waals surface area (Å²) in [6.07, 6.45) is 5.88. The van der Waals surface area contributed by atoms with E-state index in [1.54, 1.807) is 4.68 Å². The molecule has 1 saturated heterocycles. The molecule has 0 spiro atoms. The summed E-state index contributed by atoms with van der Waals surface area (Å²) < 4.78 is 1.80. The number of aromatic nitrogens is 2. The Morgan fingerprint density at radius 1 is 1.38 bits per heavy atom. The lowest BCUT2D eigenvalue weighted by molar-refractivity contribution is -0.123. The minimum Gasteiger partial charge on any atom is -0.367 e. The van der Waals surface area contributed by atoms with Gasteiger partial charge in [0, 0.05) is 32.4 Å². The first-order chi connectivity index (χ1) is 11.5. The van der Waals surface area contributed by atoms with Crippen LogP contribution in [0.1, 0.15) is 30.0 Å². The van der Waals surface area contributed by atoms with Gasteiger partial charge < -0.3 is 16.0 Å². The molecule has 0 bridgehead atoms. The van der Waals surface area contributed by atoms with Crippen molar-refractivity contribution in [2.24, 2.45) is 12.8 Å². The van der Waals surface area contributed by atoms with Crippen LogP contribution in [-0.4, -0.2) is 34.8 Å². The molecule has 0 saturated carbocycles. The van der Waals surface area contributed by atoms with Gasteiger partial charge in [0.2, 0.25) is 5.91 Å². The van der Waals surface area contributed by atoms with E-state index >= 15 is 0 Å². The predicted octanol–water partition coefficient (Wildman–Crippen LogP) is 1.51. The van der Waals surface area contributed by atoms with Crippen LogP contribution in [0.2, 0.25) is 0 Å². The molecule has 3 N–H and O–H groups in total. The lowest BCUT2D eigenvalue weighted by Crippen LogP contribution is -2.49. The molecule has 128 valence electrons. The van der Waals surface area contributed by atoms with Crippen LogP contribution >= 0.6 is 0 Å². The molecule has 1 amide bonds. The van der Waals surface area contributed by atoms with E-state index in [9.17, 15) is 4.79 Å². The van der Waals surface area contributed by atoms with E-state index in [1.165, 1.54) is 0 Å². The molecule has 2 atom stereocenters. The number of carbonyl (C=O) groups is 1. The van der Waals surface area contributed by atoms with Crippen molar-refractivity contribution in [2.45, 2.75) is 31.8 Å². The summed E-state index contributed by atoms with van der Waals surface area (Å²) in [6, 6.07) is 7.29. The first kappa shape index (κ1) is 16.5. The molecule has 2 heterocycles. The largest absolute Gasteiger partial charge is 0.367 e. The van der Waals surface area contributed by atoms with Gasteiger partial charge in [0.25, 0.3) is 0 Å². The van der Waals surface area contributed by atoms with Gasteiger partial charge in [-0.25, -0.2) is 0 Å². The van der Waals surface area contributed by atoms with Gasteiger partial charge in [0.05, 0.1) is 11.9 Å². The highest BCUT2D eigenvalue weighted by atomic mass is 16.2. The van der Waals surface area contributed by atoms with Crippen LogP contribution < -0.4 is 16.0 Å². The number of hydrogen-bond donors (Lipinski definition) is 2. The second-order valence-electron chi connectivity index (χ2n) is 6.55. The first-order valence-electron chi connectivity index (χ1n) is 8.39. The molecule has 1 aromatic carbocycles. The number of nitrogens with zero attached hydrogens (tertiary/aromatic N) is 3. The van der Waals surface area contributed by atoms with Gasteiger partial charge in [0.15, 0.2) is 0 Å². The van der Waals surface area contributed by atoms with Gasteiger partial charge in [-0.05, 0) is 25.3 Å². The number of nitrogens with one attached hydrogen (secondary N) is 1. The minimum atomic E-state index is -0.626. The van der Waals surface area contributed by atoms with Crippen molar-refractivity contribution in [3.05, 3.63) is 47.8 Å². The topological polar surface area (TPSA) is 76.2 Å². The van der Waals surface area contributed by atoms with E-state index in [2.05, 4.69) is 15.3 Å². The number of anilines is 1. The van der Waals surface area contributed by atoms with Crippen LogP contribution in [0.3, 0.4) is 0 Å². The van der Waals surface area contributed by atoms with E-state index < -0.39 is 6.04 Å². The molecule has 2 aromatic rings. The summed E-state index contributed by atoms with van der Waals surface area (Å²) in [7, 11) is 1.91. The normalized spacial score (nSPS) is 19.1. The second kappa shape index (κ2) is 7.05. The molecule has 0 radical (unpaired) electrons. The van der Waals surface area contributed by atoms with Gasteiger partial charge in [0.1, 0.15) is 6.04 Å². The third-order valence-electron chi connectivity index (χ3n) is 4.54. The van der Waals surface area contributed by atoms with E-state index in [4.69, 9.17) is 5.73 Å². The lowest BCUT2D eigenvalue weighted by atomic mass is 10.0. The number of aryl methyl sites for hydroxylation is 2. The molecule has 24 heavy (non-hydrogen) atoms. The fraction of sp³-hybridized carbons (Fsp3) is 0.444. The van der Waals surface area contributed by atoms with Gasteiger partial charge in [-0.3, -0.25) is 9.48 Å². The second-order valence-corrected chi connectivity index (χ2v) is 6.55. The standard InChI is InChI=1S/C18H25N5O/c1-13-5-7-14(8-6-13)17(19)18(24)21-15-4-3-9-23(11-15)16-10-20-22(2)12-16/h5-8,10,12,15,17H,3-4,9,11,19H2,1-2H3,(H,21,24). The summed E-state index contributed by atoms with van der Waals surface area (Å²) in [5.41, 5.74) is 9.22. The molecule has 0 aliphatic carbocycles. The van der Waals surface area contributed by atoms with E-state index in [-0.39, 0.29) is 11.9 Å². The molecule has 6 nitrogen and oxygen atoms in total. The highest BCUT2D eigenvalue weighted by Crippen LogP contribution is 2.20. The number of rotatable bonds is 4. The fourth-order valence-corrected chi connectivity index (χ4v) is 3.12. The number of hydrogen-bond acceptors (Lipinski definition) is 4. The smallest absolute Gasteiger partial charge is 0.241 e. The van der Waals surface area contributed by atoms with E-state index in [0.717, 1.165) is 42.7 Å². The average molecular weight is 327 g/mol. The third-order valence-corrected chi connectivity index (χ3v) is 4.54. The van der Waals surface area contributed by atoms with Crippen LogP contribution in [0.5, 0.6) is 0 Å². The van der Waals surface area contributed by atoms with Crippen LogP contribution in [0.4, 0.5) is 5.69 Å². The quantitative estimate of drug-likeness (QED) is 0.892. The molecular weight excluding hydrogens is 302 g/mol. The molecule has 2 unspecified atom stereocenters. The lowest BCUT2D eigenvalue weighted by Gasteiger charge is -2.34. The molecule has 1 aromatic heterocycles. The zero-order chi connectivity index (χ0) is 17.1. The number of carbonyl (C=O) groups excluding carboxylic acids is 1. The summed E-state index contributed by atoms with van der Waals surface area (Å²) in [4.78, 5) is 14.7.